The summed E-state index contributed by atoms with van der Waals surface area (Å²) in [5.41, 5.74) is 1.35. The third-order valence-corrected chi connectivity index (χ3v) is 4.64. The molecule has 3 heterocycles. The summed E-state index contributed by atoms with van der Waals surface area (Å²) in [6, 6.07) is 3.82. The molecule has 1 aliphatic rings. The van der Waals surface area contributed by atoms with E-state index in [2.05, 4.69) is 15.4 Å². The van der Waals surface area contributed by atoms with Gasteiger partial charge >= 0.3 is 0 Å². The molecule has 0 saturated heterocycles. The van der Waals surface area contributed by atoms with Crippen molar-refractivity contribution in [3.05, 3.63) is 46.0 Å². The van der Waals surface area contributed by atoms with Gasteiger partial charge in [0.05, 0.1) is 16.6 Å². The molecule has 0 saturated carbocycles. The fourth-order valence-corrected chi connectivity index (χ4v) is 3.53. The Hall–Kier alpha value is -2.02. The van der Waals surface area contributed by atoms with Gasteiger partial charge in [0.2, 0.25) is 5.91 Å². The van der Waals surface area contributed by atoms with Crippen molar-refractivity contribution in [3.63, 3.8) is 0 Å². The Balaban J connectivity index is 2.19. The normalized spacial score (nSPS) is 18.2. The van der Waals surface area contributed by atoms with Gasteiger partial charge in [-0.1, -0.05) is 6.07 Å². The Kier molecular flexibility index (Phi) is 3.59. The van der Waals surface area contributed by atoms with Crippen LogP contribution in [-0.4, -0.2) is 26.4 Å². The number of nitrogens with one attached hydrogen (secondary N) is 2. The van der Waals surface area contributed by atoms with Crippen LogP contribution in [0.2, 0.25) is 0 Å². The number of carbonyl (C=O) groups is 1. The number of nitrogens with zero attached hydrogens (tertiary/aromatic N) is 2. The molecule has 1 atom stereocenters. The molecule has 110 valence electrons. The monoisotopic (exact) mass is 304 g/mol. The smallest absolute Gasteiger partial charge is 0.270 e. The number of carbonyl (C=O) groups excluding carboxylic acids is 1. The number of rotatable bonds is 2. The number of amides is 1. The van der Waals surface area contributed by atoms with Crippen LogP contribution in [-0.2, 0) is 4.79 Å². The lowest BCUT2D eigenvalue weighted by Crippen LogP contribution is -2.17. The van der Waals surface area contributed by atoms with Crippen molar-refractivity contribution in [2.45, 2.75) is 25.1 Å². The number of hydrogen-bond donors (Lipinski definition) is 2. The third kappa shape index (κ3) is 2.49. The molecule has 2 N–H and O–H groups in total. The van der Waals surface area contributed by atoms with E-state index in [1.165, 1.54) is 11.8 Å². The summed E-state index contributed by atoms with van der Waals surface area (Å²) < 4.78 is 1.71. The fraction of sp³-hybridized carbons (Fsp3) is 0.357. The van der Waals surface area contributed by atoms with E-state index in [1.807, 2.05) is 26.0 Å². The van der Waals surface area contributed by atoms with Gasteiger partial charge in [-0.15, -0.1) is 11.8 Å². The summed E-state index contributed by atoms with van der Waals surface area (Å²) in [7, 11) is 0. The lowest BCUT2D eigenvalue weighted by molar-refractivity contribution is -0.113. The number of aromatic nitrogens is 3. The van der Waals surface area contributed by atoms with E-state index in [0.29, 0.717) is 17.1 Å². The van der Waals surface area contributed by atoms with Crippen LogP contribution in [0.1, 0.15) is 36.3 Å². The van der Waals surface area contributed by atoms with Gasteiger partial charge in [0.25, 0.3) is 5.56 Å². The summed E-state index contributed by atoms with van der Waals surface area (Å²) in [5.74, 6) is 0.783. The molecule has 2 aromatic rings. The van der Waals surface area contributed by atoms with Crippen molar-refractivity contribution in [1.82, 2.24) is 14.8 Å². The van der Waals surface area contributed by atoms with Crippen LogP contribution in [0.25, 0.3) is 0 Å². The first-order chi connectivity index (χ1) is 10.1. The zero-order valence-electron chi connectivity index (χ0n) is 11.8. The second-order valence-electron chi connectivity index (χ2n) is 5.19. The van der Waals surface area contributed by atoms with Gasteiger partial charge in [0.15, 0.2) is 0 Å². The van der Waals surface area contributed by atoms with Crippen molar-refractivity contribution in [1.29, 1.82) is 0 Å². The van der Waals surface area contributed by atoms with E-state index >= 15 is 0 Å². The highest BCUT2D eigenvalue weighted by atomic mass is 32.2. The molecule has 0 spiro atoms. The molecule has 0 fully saturated rings. The van der Waals surface area contributed by atoms with Crippen LogP contribution in [0.3, 0.4) is 0 Å². The standard InChI is InChI=1S/C14H16N4O2S/c1-8(2)18-13-11(14(20)17-18)12(21-7-10(19)16-13)9-4-3-5-15-6-9/h3-6,8,12H,7H2,1-2H3,(H,16,19)(H,17,20)/t12-/m0/s1. The highest BCUT2D eigenvalue weighted by Crippen LogP contribution is 2.39. The summed E-state index contributed by atoms with van der Waals surface area (Å²) in [6.07, 6.45) is 3.43. The van der Waals surface area contributed by atoms with Gasteiger partial charge in [-0.25, -0.2) is 0 Å². The second-order valence-corrected chi connectivity index (χ2v) is 6.29. The first kappa shape index (κ1) is 13.9. The molecule has 2 aromatic heterocycles. The lowest BCUT2D eigenvalue weighted by atomic mass is 10.1. The van der Waals surface area contributed by atoms with Gasteiger partial charge in [-0.05, 0) is 25.5 Å². The number of thioether (sulfide) groups is 1. The summed E-state index contributed by atoms with van der Waals surface area (Å²) in [6.45, 7) is 3.92. The molecule has 3 rings (SSSR count). The molecule has 0 aliphatic carbocycles. The molecule has 0 unspecified atom stereocenters. The van der Waals surface area contributed by atoms with Crippen molar-refractivity contribution < 1.29 is 4.79 Å². The Morgan fingerprint density at radius 1 is 1.43 bits per heavy atom. The number of H-pyrrole nitrogens is 1. The predicted octanol–water partition coefficient (Wildman–Crippen LogP) is 1.93. The quantitative estimate of drug-likeness (QED) is 0.888. The van der Waals surface area contributed by atoms with Crippen molar-refractivity contribution in [2.75, 3.05) is 11.1 Å². The third-order valence-electron chi connectivity index (χ3n) is 3.37. The zero-order valence-corrected chi connectivity index (χ0v) is 12.6. The highest BCUT2D eigenvalue weighted by Gasteiger charge is 2.30. The van der Waals surface area contributed by atoms with Gasteiger partial charge in [0.1, 0.15) is 5.82 Å². The van der Waals surface area contributed by atoms with E-state index < -0.39 is 0 Å². The van der Waals surface area contributed by atoms with Crippen LogP contribution in [0.15, 0.2) is 29.3 Å². The molecule has 21 heavy (non-hydrogen) atoms. The minimum atomic E-state index is -0.198. The number of fused-ring (bicyclic) bond motifs is 1. The summed E-state index contributed by atoms with van der Waals surface area (Å²) >= 11 is 1.44. The largest absolute Gasteiger partial charge is 0.310 e. The fourth-order valence-electron chi connectivity index (χ4n) is 2.43. The van der Waals surface area contributed by atoms with Gasteiger partial charge in [-0.2, -0.15) is 0 Å². The SMILES string of the molecule is CC(C)n1[nH]c(=O)c2c1NC(=O)CS[C@H]2c1cccnc1. The van der Waals surface area contributed by atoms with Crippen LogP contribution in [0.4, 0.5) is 5.82 Å². The Morgan fingerprint density at radius 3 is 2.90 bits per heavy atom. The van der Waals surface area contributed by atoms with E-state index in [9.17, 15) is 9.59 Å². The maximum atomic E-state index is 12.4. The van der Waals surface area contributed by atoms with E-state index in [4.69, 9.17) is 0 Å². The molecular weight excluding hydrogens is 288 g/mol. The van der Waals surface area contributed by atoms with Gasteiger partial charge in [0, 0.05) is 18.4 Å². The Labute approximate surface area is 125 Å². The van der Waals surface area contributed by atoms with Gasteiger partial charge in [-0.3, -0.25) is 24.4 Å². The Bertz CT molecular complexity index is 720. The minimum Gasteiger partial charge on any atom is -0.310 e. The zero-order chi connectivity index (χ0) is 15.0. The Morgan fingerprint density at radius 2 is 2.24 bits per heavy atom. The van der Waals surface area contributed by atoms with Crippen LogP contribution < -0.4 is 10.9 Å². The molecule has 1 amide bonds. The molecule has 0 bridgehead atoms. The topological polar surface area (TPSA) is 79.8 Å². The maximum Gasteiger partial charge on any atom is 0.270 e. The van der Waals surface area contributed by atoms with E-state index in [1.54, 1.807) is 17.1 Å². The van der Waals surface area contributed by atoms with E-state index in [-0.39, 0.29) is 22.8 Å². The first-order valence-electron chi connectivity index (χ1n) is 6.73. The van der Waals surface area contributed by atoms with E-state index in [0.717, 1.165) is 5.56 Å². The maximum absolute atomic E-state index is 12.4. The molecule has 6 nitrogen and oxygen atoms in total. The molecular formula is C14H16N4O2S. The first-order valence-corrected chi connectivity index (χ1v) is 7.78. The molecule has 0 aromatic carbocycles. The van der Waals surface area contributed by atoms with Gasteiger partial charge < -0.3 is 5.32 Å². The minimum absolute atomic E-state index is 0.0550. The van der Waals surface area contributed by atoms with Crippen LogP contribution >= 0.6 is 11.8 Å². The number of aromatic amines is 1. The second kappa shape index (κ2) is 5.40. The average molecular weight is 304 g/mol. The van der Waals surface area contributed by atoms with Crippen LogP contribution in [0, 0.1) is 0 Å². The average Bonchev–Trinajstić information content (AvgIpc) is 2.68. The van der Waals surface area contributed by atoms with Crippen molar-refractivity contribution >= 4 is 23.5 Å². The number of hydrogen-bond acceptors (Lipinski definition) is 4. The van der Waals surface area contributed by atoms with Crippen molar-refractivity contribution in [3.8, 4) is 0 Å². The number of anilines is 1. The number of pyridine rings is 1. The highest BCUT2D eigenvalue weighted by molar-refractivity contribution is 8.00. The summed E-state index contributed by atoms with van der Waals surface area (Å²) in [5, 5.41) is 5.46. The molecule has 1 aliphatic heterocycles. The molecule has 0 radical (unpaired) electrons. The molecule has 7 heteroatoms. The summed E-state index contributed by atoms with van der Waals surface area (Å²) in [4.78, 5) is 28.4. The predicted molar refractivity (Wildman–Crippen MR) is 82.6 cm³/mol. The van der Waals surface area contributed by atoms with Crippen LogP contribution in [0.5, 0.6) is 0 Å². The lowest BCUT2D eigenvalue weighted by Gasteiger charge is -2.14. The van der Waals surface area contributed by atoms with Crippen molar-refractivity contribution in [2.24, 2.45) is 0 Å².